The second-order valence-electron chi connectivity index (χ2n) is 5.53. The molecule has 0 aliphatic carbocycles. The van der Waals surface area contributed by atoms with Crippen LogP contribution in [-0.4, -0.2) is 39.2 Å². The van der Waals surface area contributed by atoms with Crippen molar-refractivity contribution in [2.24, 2.45) is 0 Å². The molecule has 0 N–H and O–H groups in total. The van der Waals surface area contributed by atoms with Crippen molar-refractivity contribution in [3.63, 3.8) is 0 Å². The predicted octanol–water partition coefficient (Wildman–Crippen LogP) is 3.31. The topological polar surface area (TPSA) is 65.1 Å². The molecule has 0 saturated heterocycles. The van der Waals surface area contributed by atoms with Crippen LogP contribution >= 0.6 is 0 Å². The van der Waals surface area contributed by atoms with Crippen LogP contribution in [-0.2, 0) is 14.3 Å². The van der Waals surface area contributed by atoms with Crippen molar-refractivity contribution in [2.45, 2.75) is 6.92 Å². The zero-order valence-corrected chi connectivity index (χ0v) is 15.7. The van der Waals surface area contributed by atoms with Crippen molar-refractivity contribution in [3.8, 4) is 11.5 Å². The van der Waals surface area contributed by atoms with Crippen LogP contribution in [0.5, 0.6) is 11.5 Å². The van der Waals surface area contributed by atoms with Gasteiger partial charge in [0, 0.05) is 18.3 Å². The van der Waals surface area contributed by atoms with Gasteiger partial charge in [-0.3, -0.25) is 4.79 Å². The minimum Gasteiger partial charge on any atom is -0.493 e. The van der Waals surface area contributed by atoms with E-state index in [0.717, 1.165) is 11.3 Å². The van der Waals surface area contributed by atoms with Crippen LogP contribution in [0, 0.1) is 0 Å². The molecule has 6 heteroatoms. The van der Waals surface area contributed by atoms with Gasteiger partial charge in [-0.1, -0.05) is 24.3 Å². The quantitative estimate of drug-likeness (QED) is 0.528. The van der Waals surface area contributed by atoms with Crippen LogP contribution in [0.1, 0.15) is 12.5 Å². The van der Waals surface area contributed by atoms with Crippen molar-refractivity contribution in [3.05, 3.63) is 60.2 Å². The van der Waals surface area contributed by atoms with E-state index in [4.69, 9.17) is 14.2 Å². The number of hydrogen-bond donors (Lipinski definition) is 0. The number of carbonyl (C=O) groups is 2. The number of nitrogens with zero attached hydrogens (tertiary/aromatic N) is 1. The summed E-state index contributed by atoms with van der Waals surface area (Å²) in [4.78, 5) is 25.8. The molecule has 1 amide bonds. The molecule has 0 aliphatic heterocycles. The van der Waals surface area contributed by atoms with Gasteiger partial charge in [0.15, 0.2) is 18.1 Å². The van der Waals surface area contributed by atoms with E-state index in [0.29, 0.717) is 18.0 Å². The number of rotatable bonds is 8. The summed E-state index contributed by atoms with van der Waals surface area (Å²) in [6.07, 6.45) is 2.86. The van der Waals surface area contributed by atoms with Gasteiger partial charge < -0.3 is 19.1 Å². The van der Waals surface area contributed by atoms with E-state index in [2.05, 4.69) is 0 Å². The van der Waals surface area contributed by atoms with Gasteiger partial charge in [-0.25, -0.2) is 4.79 Å². The lowest BCUT2D eigenvalue weighted by molar-refractivity contribution is -0.142. The summed E-state index contributed by atoms with van der Waals surface area (Å²) in [6, 6.07) is 14.5. The summed E-state index contributed by atoms with van der Waals surface area (Å²) in [6.45, 7) is 2.03. The third kappa shape index (κ3) is 5.60. The number of likely N-dealkylation sites (N-methyl/N-ethyl adjacent to an activating group) is 1. The molecule has 0 atom stereocenters. The van der Waals surface area contributed by atoms with Gasteiger partial charge in [-0.2, -0.15) is 0 Å². The number of hydrogen-bond acceptors (Lipinski definition) is 5. The van der Waals surface area contributed by atoms with Gasteiger partial charge in [-0.05, 0) is 42.8 Å². The first kappa shape index (κ1) is 20.0. The molecule has 0 aromatic heterocycles. The highest BCUT2D eigenvalue weighted by Crippen LogP contribution is 2.27. The van der Waals surface area contributed by atoms with Gasteiger partial charge in [0.2, 0.25) is 0 Å². The maximum atomic E-state index is 12.3. The largest absolute Gasteiger partial charge is 0.493 e. The molecule has 0 radical (unpaired) electrons. The standard InChI is InChI=1S/C21H23NO5/c1-4-22(17-8-6-5-7-9-17)20(23)15-27-21(24)13-11-16-10-12-18(25-2)19(14-16)26-3/h5-14H,4,15H2,1-3H3/b13-11+. The Bertz CT molecular complexity index is 801. The first-order valence-electron chi connectivity index (χ1n) is 8.51. The molecule has 0 fully saturated rings. The fourth-order valence-electron chi connectivity index (χ4n) is 2.49. The second-order valence-corrected chi connectivity index (χ2v) is 5.53. The summed E-state index contributed by atoms with van der Waals surface area (Å²) < 4.78 is 15.4. The van der Waals surface area contributed by atoms with Gasteiger partial charge >= 0.3 is 5.97 Å². The van der Waals surface area contributed by atoms with Crippen molar-refractivity contribution in [2.75, 3.05) is 32.3 Å². The number of amides is 1. The van der Waals surface area contributed by atoms with Crippen molar-refractivity contribution in [1.29, 1.82) is 0 Å². The molecule has 0 unspecified atom stereocenters. The van der Waals surface area contributed by atoms with E-state index < -0.39 is 5.97 Å². The van der Waals surface area contributed by atoms with Crippen LogP contribution in [0.3, 0.4) is 0 Å². The number of para-hydroxylation sites is 1. The van der Waals surface area contributed by atoms with Gasteiger partial charge in [0.25, 0.3) is 5.91 Å². The number of ether oxygens (including phenoxy) is 3. The Morgan fingerprint density at radius 3 is 2.33 bits per heavy atom. The average molecular weight is 369 g/mol. The SMILES string of the molecule is CCN(C(=O)COC(=O)/C=C/c1ccc(OC)c(OC)c1)c1ccccc1. The minimum absolute atomic E-state index is 0.281. The Hall–Kier alpha value is -3.28. The molecule has 6 nitrogen and oxygen atoms in total. The maximum Gasteiger partial charge on any atom is 0.331 e. The van der Waals surface area contributed by atoms with Crippen LogP contribution in [0.4, 0.5) is 5.69 Å². The fraction of sp³-hybridized carbons (Fsp3) is 0.238. The lowest BCUT2D eigenvalue weighted by atomic mass is 10.2. The van der Waals surface area contributed by atoms with Crippen LogP contribution in [0.15, 0.2) is 54.6 Å². The van der Waals surface area contributed by atoms with Gasteiger partial charge in [-0.15, -0.1) is 0 Å². The third-order valence-electron chi connectivity index (χ3n) is 3.84. The Balaban J connectivity index is 1.93. The number of anilines is 1. The number of esters is 1. The number of methoxy groups -OCH3 is 2. The Labute approximate surface area is 159 Å². The van der Waals surface area contributed by atoms with E-state index in [1.807, 2.05) is 37.3 Å². The Morgan fingerprint density at radius 1 is 1.00 bits per heavy atom. The molecule has 0 saturated carbocycles. The number of benzene rings is 2. The molecular formula is C21H23NO5. The molecule has 0 spiro atoms. The highest BCUT2D eigenvalue weighted by Gasteiger charge is 2.15. The highest BCUT2D eigenvalue weighted by molar-refractivity contribution is 5.96. The average Bonchev–Trinajstić information content (AvgIpc) is 2.71. The molecule has 142 valence electrons. The van der Waals surface area contributed by atoms with Crippen LogP contribution in [0.25, 0.3) is 6.08 Å². The molecule has 0 heterocycles. The first-order chi connectivity index (χ1) is 13.1. The highest BCUT2D eigenvalue weighted by atomic mass is 16.5. The second kappa shape index (κ2) is 10.0. The third-order valence-corrected chi connectivity index (χ3v) is 3.84. The van der Waals surface area contributed by atoms with E-state index >= 15 is 0 Å². The van der Waals surface area contributed by atoms with E-state index in [9.17, 15) is 9.59 Å². The fourth-order valence-corrected chi connectivity index (χ4v) is 2.49. The molecule has 2 aromatic carbocycles. The summed E-state index contributed by atoms with van der Waals surface area (Å²) >= 11 is 0. The molecular weight excluding hydrogens is 346 g/mol. The zero-order chi connectivity index (χ0) is 19.6. The van der Waals surface area contributed by atoms with Gasteiger partial charge in [0.05, 0.1) is 14.2 Å². The van der Waals surface area contributed by atoms with Crippen LogP contribution < -0.4 is 14.4 Å². The normalized spacial score (nSPS) is 10.5. The lowest BCUT2D eigenvalue weighted by Gasteiger charge is -2.20. The summed E-state index contributed by atoms with van der Waals surface area (Å²) in [7, 11) is 3.09. The summed E-state index contributed by atoms with van der Waals surface area (Å²) in [5, 5.41) is 0. The van der Waals surface area contributed by atoms with Crippen LogP contribution in [0.2, 0.25) is 0 Å². The molecule has 2 aromatic rings. The van der Waals surface area contributed by atoms with Crippen molar-refractivity contribution >= 4 is 23.6 Å². The van der Waals surface area contributed by atoms with E-state index in [1.165, 1.54) is 13.2 Å². The monoisotopic (exact) mass is 369 g/mol. The molecule has 0 bridgehead atoms. The summed E-state index contributed by atoms with van der Waals surface area (Å²) in [5.41, 5.74) is 1.51. The zero-order valence-electron chi connectivity index (χ0n) is 15.7. The Morgan fingerprint density at radius 2 is 1.70 bits per heavy atom. The van der Waals surface area contributed by atoms with E-state index in [1.54, 1.807) is 36.3 Å². The maximum absolute atomic E-state index is 12.3. The van der Waals surface area contributed by atoms with Gasteiger partial charge in [0.1, 0.15) is 0 Å². The minimum atomic E-state index is -0.595. The van der Waals surface area contributed by atoms with Crippen molar-refractivity contribution in [1.82, 2.24) is 0 Å². The number of carbonyl (C=O) groups excluding carboxylic acids is 2. The first-order valence-corrected chi connectivity index (χ1v) is 8.51. The predicted molar refractivity (Wildman–Crippen MR) is 104 cm³/mol. The lowest BCUT2D eigenvalue weighted by Crippen LogP contribution is -2.34. The molecule has 27 heavy (non-hydrogen) atoms. The van der Waals surface area contributed by atoms with Crippen molar-refractivity contribution < 1.29 is 23.8 Å². The molecule has 0 aliphatic rings. The Kier molecular flexibility index (Phi) is 7.43. The molecule has 2 rings (SSSR count). The smallest absolute Gasteiger partial charge is 0.331 e. The van der Waals surface area contributed by atoms with E-state index in [-0.39, 0.29) is 12.5 Å². The summed E-state index contributed by atoms with van der Waals surface area (Å²) in [5.74, 6) is 0.284.